The standard InChI is InChI=1S/C22H26N4O6S.ClH/c1-6-32-14-7-8-16-20(11-14)33-22(23-16)25(10-9-24(2)3)21(27)15-12-18(30-4)19(31-5)13-17(15)26(28)29;/h7-8,11-13H,6,9-10H2,1-5H3;1H. The summed E-state index contributed by atoms with van der Waals surface area (Å²) in [6.45, 7) is 3.26. The van der Waals surface area contributed by atoms with E-state index in [9.17, 15) is 14.9 Å². The molecule has 0 N–H and O–H groups in total. The topological polar surface area (TPSA) is 107 Å². The summed E-state index contributed by atoms with van der Waals surface area (Å²) in [5.74, 6) is 0.559. The summed E-state index contributed by atoms with van der Waals surface area (Å²) in [5, 5.41) is 12.2. The van der Waals surface area contributed by atoms with Gasteiger partial charge in [-0.2, -0.15) is 0 Å². The second kappa shape index (κ2) is 11.8. The first-order chi connectivity index (χ1) is 15.8. The molecule has 0 saturated carbocycles. The molecule has 0 bridgehead atoms. The molecule has 0 unspecified atom stereocenters. The molecule has 0 spiro atoms. The molecule has 10 nitrogen and oxygen atoms in total. The maximum Gasteiger partial charge on any atom is 0.286 e. The van der Waals surface area contributed by atoms with Crippen molar-refractivity contribution >= 4 is 50.7 Å². The Balaban J connectivity index is 0.00000408. The molecule has 0 atom stereocenters. The maximum absolute atomic E-state index is 13.6. The minimum absolute atomic E-state index is 0. The van der Waals surface area contributed by atoms with Gasteiger partial charge < -0.3 is 19.1 Å². The number of hydrogen-bond acceptors (Lipinski definition) is 9. The van der Waals surface area contributed by atoms with Gasteiger partial charge in [0, 0.05) is 19.2 Å². The number of carbonyl (C=O) groups is 1. The first-order valence-electron chi connectivity index (χ1n) is 10.2. The minimum atomic E-state index is -0.605. The highest BCUT2D eigenvalue weighted by Crippen LogP contribution is 2.37. The Bertz CT molecular complexity index is 1170. The number of nitro benzene ring substituents is 1. The zero-order chi connectivity index (χ0) is 24.1. The van der Waals surface area contributed by atoms with Crippen LogP contribution < -0.4 is 19.1 Å². The Morgan fingerprint density at radius 2 is 1.79 bits per heavy atom. The number of ether oxygens (including phenoxy) is 3. The van der Waals surface area contributed by atoms with Gasteiger partial charge in [-0.3, -0.25) is 19.8 Å². The molecule has 1 heterocycles. The molecule has 0 fully saturated rings. The molecule has 1 aromatic heterocycles. The predicted molar refractivity (Wildman–Crippen MR) is 134 cm³/mol. The lowest BCUT2D eigenvalue weighted by molar-refractivity contribution is -0.385. The van der Waals surface area contributed by atoms with E-state index in [1.54, 1.807) is 0 Å². The lowest BCUT2D eigenvalue weighted by Gasteiger charge is -2.22. The number of thiazole rings is 1. The number of hydrogen-bond donors (Lipinski definition) is 0. The number of likely N-dealkylation sites (N-methyl/N-ethyl adjacent to an activating group) is 1. The van der Waals surface area contributed by atoms with Crippen molar-refractivity contribution in [3.05, 3.63) is 46.0 Å². The van der Waals surface area contributed by atoms with E-state index in [1.807, 2.05) is 44.1 Å². The molecule has 1 amide bonds. The molecule has 2 aromatic carbocycles. The third-order valence-electron chi connectivity index (χ3n) is 4.84. The molecule has 0 aliphatic carbocycles. The van der Waals surface area contributed by atoms with E-state index < -0.39 is 10.8 Å². The Morgan fingerprint density at radius 1 is 1.12 bits per heavy atom. The summed E-state index contributed by atoms with van der Waals surface area (Å²) < 4.78 is 16.9. The number of nitrogens with zero attached hydrogens (tertiary/aromatic N) is 4. The summed E-state index contributed by atoms with van der Waals surface area (Å²) in [7, 11) is 6.55. The smallest absolute Gasteiger partial charge is 0.286 e. The third-order valence-corrected chi connectivity index (χ3v) is 5.88. The average Bonchev–Trinajstić information content (AvgIpc) is 3.21. The van der Waals surface area contributed by atoms with Crippen LogP contribution in [0.3, 0.4) is 0 Å². The first kappa shape index (κ1) is 27.1. The number of halogens is 1. The molecule has 0 aliphatic heterocycles. The van der Waals surface area contributed by atoms with Crippen LogP contribution in [0.25, 0.3) is 10.2 Å². The van der Waals surface area contributed by atoms with Gasteiger partial charge >= 0.3 is 0 Å². The van der Waals surface area contributed by atoms with Crippen LogP contribution in [0.1, 0.15) is 17.3 Å². The van der Waals surface area contributed by atoms with Gasteiger partial charge in [0.15, 0.2) is 16.6 Å². The van der Waals surface area contributed by atoms with Crippen molar-refractivity contribution in [2.75, 3.05) is 52.9 Å². The number of benzene rings is 2. The van der Waals surface area contributed by atoms with Crippen LogP contribution >= 0.6 is 23.7 Å². The fraction of sp³-hybridized carbons (Fsp3) is 0.364. The van der Waals surface area contributed by atoms with Gasteiger partial charge in [-0.25, -0.2) is 4.98 Å². The molecular weight excluding hydrogens is 484 g/mol. The second-order valence-electron chi connectivity index (χ2n) is 7.30. The van der Waals surface area contributed by atoms with Gasteiger partial charge in [0.2, 0.25) is 0 Å². The summed E-state index contributed by atoms with van der Waals surface area (Å²) >= 11 is 1.32. The third kappa shape index (κ3) is 5.85. The van der Waals surface area contributed by atoms with E-state index in [-0.39, 0.29) is 41.7 Å². The van der Waals surface area contributed by atoms with Crippen LogP contribution in [0.2, 0.25) is 0 Å². The van der Waals surface area contributed by atoms with Gasteiger partial charge in [-0.05, 0) is 39.2 Å². The highest BCUT2D eigenvalue weighted by Gasteiger charge is 2.30. The van der Waals surface area contributed by atoms with Crippen molar-refractivity contribution in [1.29, 1.82) is 0 Å². The molecular formula is C22H27ClN4O6S. The molecule has 184 valence electrons. The molecule has 0 radical (unpaired) electrons. The minimum Gasteiger partial charge on any atom is -0.494 e. The zero-order valence-corrected chi connectivity index (χ0v) is 21.2. The van der Waals surface area contributed by atoms with Crippen molar-refractivity contribution in [3.8, 4) is 17.2 Å². The Morgan fingerprint density at radius 3 is 2.38 bits per heavy atom. The SMILES string of the molecule is CCOc1ccc2nc(N(CCN(C)C)C(=O)c3cc(OC)c(OC)cc3[N+](=O)[O-])sc2c1.Cl. The first-order valence-corrected chi connectivity index (χ1v) is 11.0. The quantitative estimate of drug-likeness (QED) is 0.294. The van der Waals surface area contributed by atoms with E-state index in [1.165, 1.54) is 42.6 Å². The predicted octanol–water partition coefficient (Wildman–Crippen LogP) is 4.25. The number of nitro groups is 1. The molecule has 0 aliphatic rings. The number of fused-ring (bicyclic) bond motifs is 1. The van der Waals surface area contributed by atoms with Gasteiger partial charge in [0.05, 0.1) is 42.0 Å². The van der Waals surface area contributed by atoms with E-state index in [2.05, 4.69) is 4.98 Å². The fourth-order valence-electron chi connectivity index (χ4n) is 3.18. The van der Waals surface area contributed by atoms with Crippen LogP contribution in [0.5, 0.6) is 17.2 Å². The molecule has 3 rings (SSSR count). The monoisotopic (exact) mass is 510 g/mol. The van der Waals surface area contributed by atoms with Crippen molar-refractivity contribution in [2.45, 2.75) is 6.92 Å². The van der Waals surface area contributed by atoms with E-state index >= 15 is 0 Å². The summed E-state index contributed by atoms with van der Waals surface area (Å²) in [5.41, 5.74) is 0.237. The lowest BCUT2D eigenvalue weighted by Crippen LogP contribution is -2.37. The van der Waals surface area contributed by atoms with Gasteiger partial charge in [0.25, 0.3) is 11.6 Å². The molecule has 0 saturated heterocycles. The molecule has 3 aromatic rings. The Kier molecular flexibility index (Phi) is 9.42. The highest BCUT2D eigenvalue weighted by atomic mass is 35.5. The number of aromatic nitrogens is 1. The largest absolute Gasteiger partial charge is 0.494 e. The Hall–Kier alpha value is -3.15. The Labute approximate surface area is 207 Å². The van der Waals surface area contributed by atoms with Crippen molar-refractivity contribution in [3.63, 3.8) is 0 Å². The van der Waals surface area contributed by atoms with Gasteiger partial charge in [-0.1, -0.05) is 11.3 Å². The number of anilines is 1. The summed E-state index contributed by atoms with van der Waals surface area (Å²) in [6, 6.07) is 8.05. The number of methoxy groups -OCH3 is 2. The van der Waals surface area contributed by atoms with Gasteiger partial charge in [-0.15, -0.1) is 12.4 Å². The fourth-order valence-corrected chi connectivity index (χ4v) is 4.20. The van der Waals surface area contributed by atoms with Crippen LogP contribution in [0.15, 0.2) is 30.3 Å². The second-order valence-corrected chi connectivity index (χ2v) is 8.31. The number of amides is 1. The van der Waals surface area contributed by atoms with E-state index in [0.29, 0.717) is 29.5 Å². The lowest BCUT2D eigenvalue weighted by atomic mass is 10.1. The summed E-state index contributed by atoms with van der Waals surface area (Å²) in [6.07, 6.45) is 0. The van der Waals surface area contributed by atoms with Gasteiger partial charge in [0.1, 0.15) is 11.3 Å². The van der Waals surface area contributed by atoms with Crippen LogP contribution in [0, 0.1) is 10.1 Å². The van der Waals surface area contributed by atoms with Crippen molar-refractivity contribution in [2.24, 2.45) is 0 Å². The van der Waals surface area contributed by atoms with E-state index in [4.69, 9.17) is 14.2 Å². The highest BCUT2D eigenvalue weighted by molar-refractivity contribution is 7.22. The van der Waals surface area contributed by atoms with Crippen LogP contribution in [-0.4, -0.2) is 68.7 Å². The molecule has 12 heteroatoms. The van der Waals surface area contributed by atoms with E-state index in [0.717, 1.165) is 4.70 Å². The van der Waals surface area contributed by atoms with Crippen molar-refractivity contribution < 1.29 is 23.9 Å². The number of carbonyl (C=O) groups excluding carboxylic acids is 1. The van der Waals surface area contributed by atoms with Crippen molar-refractivity contribution in [1.82, 2.24) is 9.88 Å². The van der Waals surface area contributed by atoms with Crippen LogP contribution in [-0.2, 0) is 0 Å². The summed E-state index contributed by atoms with van der Waals surface area (Å²) in [4.78, 5) is 32.8. The van der Waals surface area contributed by atoms with Crippen LogP contribution in [0.4, 0.5) is 10.8 Å². The maximum atomic E-state index is 13.6. The average molecular weight is 511 g/mol. The number of rotatable bonds is 10. The molecule has 34 heavy (non-hydrogen) atoms. The zero-order valence-electron chi connectivity index (χ0n) is 19.6. The normalized spacial score (nSPS) is 10.6.